The van der Waals surface area contributed by atoms with Crippen LogP contribution in [0.2, 0.25) is 53.5 Å². The number of halogens is 9. The van der Waals surface area contributed by atoms with Gasteiger partial charge in [-0.15, -0.1) is 11.3 Å². The summed E-state index contributed by atoms with van der Waals surface area (Å²) in [5, 5.41) is 19.4. The smallest absolute Gasteiger partial charge is 0.416 e. The van der Waals surface area contributed by atoms with Crippen molar-refractivity contribution in [1.29, 1.82) is 0 Å². The number of nitrogens with zero attached hydrogens (tertiary/aromatic N) is 13. The molecular formula is C103H125Cl4F4IN14O11S4Si2. The highest BCUT2D eigenvalue weighted by Crippen LogP contribution is 2.49. The molecule has 1 atom stereocenters. The second-order valence-electron chi connectivity index (χ2n) is 39.9. The van der Waals surface area contributed by atoms with E-state index in [2.05, 4.69) is 161 Å². The van der Waals surface area contributed by atoms with Gasteiger partial charge in [-0.05, 0) is 233 Å². The number of aliphatic hydroxyl groups excluding tert-OH is 1. The van der Waals surface area contributed by atoms with E-state index in [1.807, 2.05) is 45.2 Å². The molecule has 0 fully saturated rings. The van der Waals surface area contributed by atoms with Crippen LogP contribution in [0.5, 0.6) is 10.1 Å². The van der Waals surface area contributed by atoms with Crippen LogP contribution in [0.3, 0.4) is 0 Å². The molecule has 14 rings (SSSR count). The molecule has 40 heteroatoms. The summed E-state index contributed by atoms with van der Waals surface area (Å²) in [7, 11) is -0.966. The second kappa shape index (κ2) is 49.1. The van der Waals surface area contributed by atoms with E-state index >= 15 is 0 Å². The molecule has 0 saturated heterocycles. The summed E-state index contributed by atoms with van der Waals surface area (Å²) in [6.45, 7) is 50.2. The predicted molar refractivity (Wildman–Crippen MR) is 585 cm³/mol. The van der Waals surface area contributed by atoms with Crippen LogP contribution >= 0.6 is 114 Å². The third-order valence-electron chi connectivity index (χ3n) is 23.0. The zero-order valence-corrected chi connectivity index (χ0v) is 95.6. The number of amides is 4. The van der Waals surface area contributed by atoms with Gasteiger partial charge in [-0.2, -0.15) is 0 Å². The standard InChI is InChI=1S/C32H42ClFN4O3SSi.C23H22ClFN4O2S.C16H18ClFN2O3S.C16H24ClIN2Si.C16H19FN2O3S/c1-19(2)43(20(3)4,21(5)6)38-18-26(25-14-23(33)15-35-29(25)38)28(39)27-16-36-30(42-27)37(31(40)41-32(7,8)9)17-22-10-12-24(34)13-11-22;1-23(2,3)31-22(30)29(13-14-4-6-17(25)7-5-14)21-28-12-18(32-21)8-15-10-26-20-19(15)9-16(24)11-27-20;1-16(2,3)23-15(21)20(9-10-5-7-11(18)8-6-10)14-19-12(17)13(22-4)24-14;1-10(2)21(11(3)4,12(5)6)20-9-15(18)14-7-13(17)8-19-16(14)20;1-16(2,3)22-15(20)19(14-18-9-13(21-4)23-14)10-11-5-7-12(17)8-6-11/h10-16,18-21,28,39H,17H2,1-9H3;4-7,9-12H,8,13H2,1-3H3,(H,26,27);5-8H,9H2,1-4H3;7-12H,1-6H3;5-9H,10H2,1-4H3. The molecule has 0 bridgehead atoms. The number of thiazole rings is 4. The number of H-pyrrole nitrogens is 1. The van der Waals surface area contributed by atoms with Gasteiger partial charge in [-0.1, -0.05) is 212 Å². The summed E-state index contributed by atoms with van der Waals surface area (Å²) >= 11 is 32.1. The van der Waals surface area contributed by atoms with Crippen LogP contribution in [-0.2, 0) is 51.5 Å². The Hall–Kier alpha value is -9.85. The first-order chi connectivity index (χ1) is 66.9. The molecule has 143 heavy (non-hydrogen) atoms. The molecule has 25 nitrogen and oxygen atoms in total. The quantitative estimate of drug-likeness (QED) is 0.0221. The highest BCUT2D eigenvalue weighted by atomic mass is 127. The maximum absolute atomic E-state index is 13.6. The number of methoxy groups -OCH3 is 2. The molecule has 0 aliphatic heterocycles. The Balaban J connectivity index is 0.000000189. The third-order valence-corrected chi connectivity index (χ3v) is 42.4. The molecule has 2 N–H and O–H groups in total. The number of hydrogen-bond acceptors (Lipinski definition) is 22. The minimum Gasteiger partial charge on any atom is -0.486 e. The summed E-state index contributed by atoms with van der Waals surface area (Å²) in [6, 6.07) is 29.5. The first-order valence-corrected chi connectivity index (χ1v) is 56.5. The zero-order chi connectivity index (χ0) is 106. The Morgan fingerprint density at radius 3 is 1.15 bits per heavy atom. The van der Waals surface area contributed by atoms with Crippen molar-refractivity contribution in [2.75, 3.05) is 33.8 Å². The summed E-state index contributed by atoms with van der Waals surface area (Å²) in [5.41, 5.74) is 7.92. The fourth-order valence-electron chi connectivity index (χ4n) is 17.4. The number of hydrogen-bond donors (Lipinski definition) is 2. The molecule has 4 aromatic carbocycles. The van der Waals surface area contributed by atoms with Gasteiger partial charge in [0.15, 0.2) is 47.2 Å². The molecule has 0 saturated carbocycles. The van der Waals surface area contributed by atoms with Crippen LogP contribution in [0.1, 0.15) is 215 Å². The SMILES string of the molecule is CC(C)(C)OC(=O)N(Cc1ccc(F)cc1)c1ncc(Cc2c[nH]c3ncc(Cl)cc23)s1.CC(C)[Si](C(C)C)(C(C)C)n1cc(C(O)c2cnc(N(Cc3ccc(F)cc3)C(=O)OC(C)(C)C)s2)c2cc(Cl)cnc21.CC(C)[Si](C(C)C)(C(C)C)n1cc(I)c2cc(Cl)cnc21.COc1cnc(N(Cc2ccc(F)cc2)C(=O)OC(C)(C)C)s1.COc1sc(N(Cc2ccc(F)cc2)C(=O)OC(C)(C)C)nc1Cl. The number of anilines is 4. The molecule has 0 aliphatic carbocycles. The summed E-state index contributed by atoms with van der Waals surface area (Å²) in [5.74, 6) is -1.36. The van der Waals surface area contributed by atoms with Crippen LogP contribution in [0.25, 0.3) is 33.1 Å². The number of aromatic amines is 1. The van der Waals surface area contributed by atoms with E-state index in [0.29, 0.717) is 101 Å². The number of aliphatic hydroxyl groups is 1. The Bertz CT molecular complexity index is 6600. The van der Waals surface area contributed by atoms with Gasteiger partial charge >= 0.3 is 24.4 Å². The average Bonchev–Trinajstić information content (AvgIpc) is 1.52. The molecule has 10 heterocycles. The molecular weight excluding hydrogens is 2140 g/mol. The van der Waals surface area contributed by atoms with Crippen molar-refractivity contribution in [2.24, 2.45) is 0 Å². The number of aromatic nitrogens is 10. The molecule has 768 valence electrons. The maximum Gasteiger partial charge on any atom is 0.416 e. The monoisotopic (exact) mass is 2260 g/mol. The van der Waals surface area contributed by atoms with Crippen LogP contribution < -0.4 is 29.1 Å². The Kier molecular flexibility index (Phi) is 39.5. The minimum absolute atomic E-state index is 0.127. The van der Waals surface area contributed by atoms with Gasteiger partial charge in [0.05, 0.1) is 66.5 Å². The highest BCUT2D eigenvalue weighted by molar-refractivity contribution is 14.1. The van der Waals surface area contributed by atoms with Crippen molar-refractivity contribution in [2.45, 2.75) is 261 Å². The Morgan fingerprint density at radius 1 is 0.434 bits per heavy atom. The predicted octanol–water partition coefficient (Wildman–Crippen LogP) is 31.1. The first kappa shape index (κ1) is 115. The van der Waals surface area contributed by atoms with Crippen LogP contribution in [0.4, 0.5) is 57.3 Å². The number of pyridine rings is 3. The zero-order valence-electron chi connectivity index (χ0n) is 85.1. The van der Waals surface area contributed by atoms with Gasteiger partial charge in [-0.25, -0.2) is 91.2 Å². The molecule has 14 aromatic rings. The fraction of sp³-hybridized carbons (Fsp3) is 0.408. The van der Waals surface area contributed by atoms with Crippen LogP contribution in [-0.4, -0.2) is 131 Å². The lowest BCUT2D eigenvalue weighted by atomic mass is 10.1. The van der Waals surface area contributed by atoms with Crippen LogP contribution in [0.15, 0.2) is 171 Å². The lowest BCUT2D eigenvalue weighted by molar-refractivity contribution is 0.0566. The van der Waals surface area contributed by atoms with Crippen LogP contribution in [0, 0.1) is 26.8 Å². The Labute approximate surface area is 885 Å². The molecule has 0 spiro atoms. The van der Waals surface area contributed by atoms with Crippen molar-refractivity contribution < 1.29 is 70.3 Å². The van der Waals surface area contributed by atoms with Crippen molar-refractivity contribution in [3.8, 4) is 10.1 Å². The van der Waals surface area contributed by atoms with E-state index in [9.17, 15) is 41.8 Å². The van der Waals surface area contributed by atoms with E-state index < -0.39 is 69.4 Å². The minimum atomic E-state index is -2.22. The van der Waals surface area contributed by atoms with E-state index in [4.69, 9.17) is 79.8 Å². The van der Waals surface area contributed by atoms with Crippen molar-refractivity contribution in [3.63, 3.8) is 0 Å². The number of fused-ring (bicyclic) bond motifs is 3. The van der Waals surface area contributed by atoms with Gasteiger partial charge in [0.1, 0.15) is 68.7 Å². The number of nitrogens with one attached hydrogen (secondary N) is 1. The van der Waals surface area contributed by atoms with Crippen molar-refractivity contribution in [1.82, 2.24) is 48.3 Å². The van der Waals surface area contributed by atoms with Crippen molar-refractivity contribution >= 4 is 209 Å². The largest absolute Gasteiger partial charge is 0.486 e. The molecule has 10 aromatic heterocycles. The molecule has 0 radical (unpaired) electrons. The van der Waals surface area contributed by atoms with E-state index in [-0.39, 0.29) is 54.6 Å². The number of rotatable bonds is 26. The van der Waals surface area contributed by atoms with E-state index in [1.54, 1.807) is 148 Å². The summed E-state index contributed by atoms with van der Waals surface area (Å²) in [6.07, 6.45) is 13.6. The molecule has 4 amide bonds. The lowest BCUT2D eigenvalue weighted by Crippen LogP contribution is -2.51. The molecule has 0 aliphatic rings. The van der Waals surface area contributed by atoms with Gasteiger partial charge in [0.25, 0.3) is 0 Å². The van der Waals surface area contributed by atoms with Crippen molar-refractivity contribution in [3.05, 3.63) is 261 Å². The lowest BCUT2D eigenvalue weighted by Gasteiger charge is -2.44. The average molecular weight is 2260 g/mol. The third kappa shape index (κ3) is 30.0. The second-order valence-corrected chi connectivity index (χ2v) is 58.2. The molecule has 1 unspecified atom stereocenters. The number of carbonyl (C=O) groups excluding carboxylic acids is 4. The summed E-state index contributed by atoms with van der Waals surface area (Å²) < 4.78 is 91.5. The first-order valence-electron chi connectivity index (χ1n) is 46.3. The number of carbonyl (C=O) groups is 4. The van der Waals surface area contributed by atoms with E-state index in [0.717, 1.165) is 66.2 Å². The number of ether oxygens (including phenoxy) is 6. The maximum atomic E-state index is 13.6. The normalized spacial score (nSPS) is 12.2. The van der Waals surface area contributed by atoms with Gasteiger partial charge in [0.2, 0.25) is 5.06 Å². The summed E-state index contributed by atoms with van der Waals surface area (Å²) in [4.78, 5) is 92.7. The fourth-order valence-corrected chi connectivity index (χ4v) is 35.6. The topological polar surface area (TPSA) is 273 Å². The van der Waals surface area contributed by atoms with E-state index in [1.165, 1.54) is 125 Å². The Morgan fingerprint density at radius 2 is 0.776 bits per heavy atom. The van der Waals surface area contributed by atoms with Gasteiger partial charge in [0, 0.05) is 86.2 Å². The van der Waals surface area contributed by atoms with Gasteiger partial charge in [-0.3, -0.25) is 0 Å². The highest BCUT2D eigenvalue weighted by Gasteiger charge is 2.49. The van der Waals surface area contributed by atoms with Gasteiger partial charge < -0.3 is 47.0 Å². The number of benzene rings is 4.